The largest absolute Gasteiger partial charge is 0.229 e. The minimum atomic E-state index is -1.33. The number of hydrogen-bond acceptors (Lipinski definition) is 1. The Morgan fingerprint density at radius 3 is 2.26 bits per heavy atom. The third kappa shape index (κ3) is 3.61. The molecule has 0 heterocycles. The molecular formula is C16H17NOS. The molecule has 2 aromatic rings. The van der Waals surface area contributed by atoms with Crippen LogP contribution in [0.4, 0.5) is 0 Å². The van der Waals surface area contributed by atoms with Gasteiger partial charge in [-0.25, -0.2) is 4.21 Å². The van der Waals surface area contributed by atoms with E-state index in [1.54, 1.807) is 0 Å². The molecule has 0 unspecified atom stereocenters. The predicted molar refractivity (Wildman–Crippen MR) is 80.9 cm³/mol. The van der Waals surface area contributed by atoms with Crippen LogP contribution in [0.2, 0.25) is 0 Å². The van der Waals surface area contributed by atoms with Crippen LogP contribution >= 0.6 is 0 Å². The van der Waals surface area contributed by atoms with Crippen molar-refractivity contribution in [2.24, 2.45) is 4.40 Å². The fourth-order valence-electron chi connectivity index (χ4n) is 1.76. The molecule has 0 saturated carbocycles. The molecule has 0 radical (unpaired) electrons. The first-order chi connectivity index (χ1) is 9.20. The van der Waals surface area contributed by atoms with Crippen LogP contribution in [0, 0.1) is 6.92 Å². The van der Waals surface area contributed by atoms with Crippen molar-refractivity contribution < 1.29 is 4.21 Å². The molecule has 19 heavy (non-hydrogen) atoms. The first-order valence-corrected chi connectivity index (χ1v) is 7.43. The standard InChI is InChI=1S/C16H17NOS/c1-3-16(14-7-5-4-6-8-14)17-19(18)15-11-9-13(2)10-12-15/h4-12H,3H2,1-2H3/t19-/m0/s1. The van der Waals surface area contributed by atoms with Crippen LogP contribution in [0.3, 0.4) is 0 Å². The van der Waals surface area contributed by atoms with Crippen molar-refractivity contribution in [1.82, 2.24) is 0 Å². The van der Waals surface area contributed by atoms with Crippen molar-refractivity contribution in [3.05, 3.63) is 65.7 Å². The molecule has 0 fully saturated rings. The third-order valence-corrected chi connectivity index (χ3v) is 3.92. The van der Waals surface area contributed by atoms with E-state index in [0.29, 0.717) is 0 Å². The summed E-state index contributed by atoms with van der Waals surface area (Å²) in [5, 5.41) is 0. The fourth-order valence-corrected chi connectivity index (χ4v) is 2.67. The molecule has 0 N–H and O–H groups in total. The maximum Gasteiger partial charge on any atom is 0.172 e. The highest BCUT2D eigenvalue weighted by atomic mass is 32.2. The summed E-state index contributed by atoms with van der Waals surface area (Å²) in [4.78, 5) is 0.743. The summed E-state index contributed by atoms with van der Waals surface area (Å²) in [6, 6.07) is 17.5. The molecule has 0 aliphatic rings. The van der Waals surface area contributed by atoms with Crippen LogP contribution in [0.1, 0.15) is 24.5 Å². The topological polar surface area (TPSA) is 29.4 Å². The molecule has 98 valence electrons. The summed E-state index contributed by atoms with van der Waals surface area (Å²) < 4.78 is 16.6. The maximum absolute atomic E-state index is 12.2. The number of aryl methyl sites for hydroxylation is 1. The van der Waals surface area contributed by atoms with Gasteiger partial charge in [-0.15, -0.1) is 0 Å². The van der Waals surface area contributed by atoms with Crippen molar-refractivity contribution in [2.75, 3.05) is 0 Å². The molecule has 2 rings (SSSR count). The Kier molecular flexibility index (Phi) is 4.63. The molecule has 0 bridgehead atoms. The van der Waals surface area contributed by atoms with Gasteiger partial charge in [0.15, 0.2) is 11.0 Å². The second-order valence-electron chi connectivity index (χ2n) is 4.32. The molecule has 2 aromatic carbocycles. The van der Waals surface area contributed by atoms with Gasteiger partial charge < -0.3 is 0 Å². The summed E-state index contributed by atoms with van der Waals surface area (Å²) in [5.74, 6) is 0. The van der Waals surface area contributed by atoms with E-state index in [1.165, 1.54) is 0 Å². The molecule has 3 heteroatoms. The van der Waals surface area contributed by atoms with Gasteiger partial charge in [0.05, 0.1) is 10.6 Å². The highest BCUT2D eigenvalue weighted by Gasteiger charge is 2.05. The molecular weight excluding hydrogens is 254 g/mol. The van der Waals surface area contributed by atoms with E-state index in [9.17, 15) is 4.21 Å². The summed E-state index contributed by atoms with van der Waals surface area (Å²) in [5.41, 5.74) is 3.06. The van der Waals surface area contributed by atoms with Crippen molar-refractivity contribution in [2.45, 2.75) is 25.2 Å². The minimum absolute atomic E-state index is 0.743. The zero-order valence-corrected chi connectivity index (χ0v) is 12.0. The van der Waals surface area contributed by atoms with Gasteiger partial charge in [-0.05, 0) is 31.0 Å². The molecule has 0 spiro atoms. The zero-order valence-electron chi connectivity index (χ0n) is 11.2. The van der Waals surface area contributed by atoms with Gasteiger partial charge >= 0.3 is 0 Å². The Morgan fingerprint density at radius 2 is 1.68 bits per heavy atom. The number of rotatable bonds is 4. The fraction of sp³-hybridized carbons (Fsp3) is 0.188. The maximum atomic E-state index is 12.2. The van der Waals surface area contributed by atoms with E-state index in [2.05, 4.69) is 4.40 Å². The Hall–Kier alpha value is -1.74. The molecule has 1 atom stereocenters. The van der Waals surface area contributed by atoms with E-state index >= 15 is 0 Å². The lowest BCUT2D eigenvalue weighted by Crippen LogP contribution is -2.01. The average molecular weight is 271 g/mol. The van der Waals surface area contributed by atoms with Crippen LogP contribution in [-0.2, 0) is 11.0 Å². The second-order valence-corrected chi connectivity index (χ2v) is 5.47. The van der Waals surface area contributed by atoms with E-state index in [1.807, 2.05) is 68.4 Å². The van der Waals surface area contributed by atoms with Crippen molar-refractivity contribution in [3.63, 3.8) is 0 Å². The summed E-state index contributed by atoms with van der Waals surface area (Å²) in [7, 11) is -1.33. The number of nitrogens with zero attached hydrogens (tertiary/aromatic N) is 1. The normalized spacial score (nSPS) is 13.3. The van der Waals surface area contributed by atoms with Gasteiger partial charge in [0, 0.05) is 0 Å². The summed E-state index contributed by atoms with van der Waals surface area (Å²) in [6.45, 7) is 4.04. The van der Waals surface area contributed by atoms with E-state index in [4.69, 9.17) is 0 Å². The number of hydrogen-bond donors (Lipinski definition) is 0. The Bertz CT molecular complexity index is 588. The van der Waals surface area contributed by atoms with Gasteiger partial charge in [0.2, 0.25) is 0 Å². The van der Waals surface area contributed by atoms with Crippen LogP contribution in [0.25, 0.3) is 0 Å². The Morgan fingerprint density at radius 1 is 1.05 bits per heavy atom. The smallest absolute Gasteiger partial charge is 0.172 e. The molecule has 2 nitrogen and oxygen atoms in total. The third-order valence-electron chi connectivity index (χ3n) is 2.86. The van der Waals surface area contributed by atoms with E-state index in [-0.39, 0.29) is 0 Å². The SMILES string of the molecule is CCC(=N[S@@](=O)c1ccc(C)cc1)c1ccccc1. The molecule has 0 aliphatic heterocycles. The summed E-state index contributed by atoms with van der Waals surface area (Å²) in [6.07, 6.45) is 0.765. The van der Waals surface area contributed by atoms with E-state index in [0.717, 1.165) is 28.2 Å². The van der Waals surface area contributed by atoms with Gasteiger partial charge in [-0.2, -0.15) is 4.40 Å². The number of benzene rings is 2. The van der Waals surface area contributed by atoms with Gasteiger partial charge in [-0.3, -0.25) is 0 Å². The second kappa shape index (κ2) is 6.43. The summed E-state index contributed by atoms with van der Waals surface area (Å²) >= 11 is 0. The van der Waals surface area contributed by atoms with Crippen LogP contribution in [0.15, 0.2) is 63.9 Å². The lowest BCUT2D eigenvalue weighted by molar-refractivity contribution is 0.684. The first-order valence-electron chi connectivity index (χ1n) is 6.32. The van der Waals surface area contributed by atoms with Gasteiger partial charge in [-0.1, -0.05) is 55.0 Å². The molecule has 0 amide bonds. The molecule has 0 aromatic heterocycles. The monoisotopic (exact) mass is 271 g/mol. The Balaban J connectivity index is 2.28. The van der Waals surface area contributed by atoms with Crippen LogP contribution in [0.5, 0.6) is 0 Å². The van der Waals surface area contributed by atoms with Gasteiger partial charge in [0.1, 0.15) is 0 Å². The zero-order chi connectivity index (χ0) is 13.7. The molecule has 0 saturated heterocycles. The lowest BCUT2D eigenvalue weighted by atomic mass is 10.1. The minimum Gasteiger partial charge on any atom is -0.229 e. The van der Waals surface area contributed by atoms with Crippen molar-refractivity contribution in [3.8, 4) is 0 Å². The van der Waals surface area contributed by atoms with Crippen molar-refractivity contribution >= 4 is 16.7 Å². The van der Waals surface area contributed by atoms with Crippen LogP contribution in [-0.4, -0.2) is 9.92 Å². The average Bonchev–Trinajstić information content (AvgIpc) is 2.46. The van der Waals surface area contributed by atoms with Crippen LogP contribution < -0.4 is 0 Å². The first kappa shape index (κ1) is 13.7. The highest BCUT2D eigenvalue weighted by molar-refractivity contribution is 7.83. The highest BCUT2D eigenvalue weighted by Crippen LogP contribution is 2.12. The molecule has 0 aliphatic carbocycles. The predicted octanol–water partition coefficient (Wildman–Crippen LogP) is 3.92. The quantitative estimate of drug-likeness (QED) is 0.775. The van der Waals surface area contributed by atoms with Crippen molar-refractivity contribution in [1.29, 1.82) is 0 Å². The lowest BCUT2D eigenvalue weighted by Gasteiger charge is -2.04. The van der Waals surface area contributed by atoms with Gasteiger partial charge in [0.25, 0.3) is 0 Å². The van der Waals surface area contributed by atoms with E-state index < -0.39 is 11.0 Å². The Labute approximate surface area is 116 Å².